The summed E-state index contributed by atoms with van der Waals surface area (Å²) in [5, 5.41) is 0. The first kappa shape index (κ1) is 10.8. The smallest absolute Gasteiger partial charge is 0.128 e. The molecule has 2 unspecified atom stereocenters. The first-order chi connectivity index (χ1) is 8.13. The minimum atomic E-state index is -0.234. The van der Waals surface area contributed by atoms with Crippen LogP contribution in [-0.4, -0.2) is 25.3 Å². The van der Waals surface area contributed by atoms with E-state index in [4.69, 9.17) is 10.5 Å². The molecule has 3 rings (SSSR count). The fourth-order valence-electron chi connectivity index (χ4n) is 2.77. The van der Waals surface area contributed by atoms with Gasteiger partial charge in [-0.05, 0) is 37.5 Å². The SMILES string of the molecule is Cc1cc(N2CC3CCC(C2)O3)c(N)cc1F. The third-order valence-corrected chi connectivity index (χ3v) is 3.69. The molecule has 2 N–H and O–H groups in total. The lowest BCUT2D eigenvalue weighted by Crippen LogP contribution is -2.43. The Balaban J connectivity index is 1.91. The highest BCUT2D eigenvalue weighted by Gasteiger charge is 2.34. The van der Waals surface area contributed by atoms with E-state index in [0.29, 0.717) is 23.5 Å². The van der Waals surface area contributed by atoms with Gasteiger partial charge >= 0.3 is 0 Å². The molecule has 0 aromatic heterocycles. The number of rotatable bonds is 1. The zero-order valence-electron chi connectivity index (χ0n) is 9.95. The van der Waals surface area contributed by atoms with Gasteiger partial charge in [-0.3, -0.25) is 0 Å². The van der Waals surface area contributed by atoms with Gasteiger partial charge in [-0.25, -0.2) is 4.39 Å². The molecular weight excluding hydrogens is 219 g/mol. The van der Waals surface area contributed by atoms with Crippen molar-refractivity contribution in [3.05, 3.63) is 23.5 Å². The number of ether oxygens (including phenoxy) is 1. The van der Waals surface area contributed by atoms with Crippen molar-refractivity contribution >= 4 is 11.4 Å². The van der Waals surface area contributed by atoms with Crippen molar-refractivity contribution in [3.8, 4) is 0 Å². The van der Waals surface area contributed by atoms with Crippen molar-refractivity contribution in [3.63, 3.8) is 0 Å². The number of morpholine rings is 1. The Hall–Kier alpha value is -1.29. The summed E-state index contributed by atoms with van der Waals surface area (Å²) >= 11 is 0. The second-order valence-electron chi connectivity index (χ2n) is 5.02. The molecule has 0 radical (unpaired) electrons. The van der Waals surface area contributed by atoms with Gasteiger partial charge in [0.1, 0.15) is 5.82 Å². The van der Waals surface area contributed by atoms with E-state index in [-0.39, 0.29) is 5.82 Å². The van der Waals surface area contributed by atoms with Crippen molar-refractivity contribution in [1.29, 1.82) is 0 Å². The molecule has 17 heavy (non-hydrogen) atoms. The average molecular weight is 236 g/mol. The summed E-state index contributed by atoms with van der Waals surface area (Å²) in [5.74, 6) is -0.234. The molecule has 2 heterocycles. The second kappa shape index (κ2) is 3.88. The van der Waals surface area contributed by atoms with Crippen LogP contribution < -0.4 is 10.6 Å². The number of nitrogens with two attached hydrogens (primary N) is 1. The zero-order valence-corrected chi connectivity index (χ0v) is 9.95. The molecule has 2 bridgehead atoms. The minimum Gasteiger partial charge on any atom is -0.397 e. The van der Waals surface area contributed by atoms with E-state index in [1.54, 1.807) is 6.92 Å². The van der Waals surface area contributed by atoms with Gasteiger partial charge < -0.3 is 15.4 Å². The van der Waals surface area contributed by atoms with Crippen LogP contribution in [0.15, 0.2) is 12.1 Å². The van der Waals surface area contributed by atoms with Gasteiger partial charge in [-0.1, -0.05) is 0 Å². The van der Waals surface area contributed by atoms with E-state index in [2.05, 4.69) is 4.90 Å². The molecule has 2 fully saturated rings. The highest BCUT2D eigenvalue weighted by molar-refractivity contribution is 5.69. The Bertz CT molecular complexity index is 437. The molecular formula is C13H17FN2O. The van der Waals surface area contributed by atoms with Crippen LogP contribution in [0.1, 0.15) is 18.4 Å². The van der Waals surface area contributed by atoms with Crippen molar-refractivity contribution in [1.82, 2.24) is 0 Å². The number of hydrogen-bond donors (Lipinski definition) is 1. The maximum atomic E-state index is 13.4. The number of benzene rings is 1. The number of nitrogen functional groups attached to an aromatic ring is 1. The number of aryl methyl sites for hydroxylation is 1. The maximum Gasteiger partial charge on any atom is 0.128 e. The van der Waals surface area contributed by atoms with E-state index in [1.807, 2.05) is 6.07 Å². The summed E-state index contributed by atoms with van der Waals surface area (Å²) in [4.78, 5) is 2.23. The zero-order chi connectivity index (χ0) is 12.0. The quantitative estimate of drug-likeness (QED) is 0.759. The van der Waals surface area contributed by atoms with Gasteiger partial charge in [0.15, 0.2) is 0 Å². The van der Waals surface area contributed by atoms with Gasteiger partial charge in [0.25, 0.3) is 0 Å². The van der Waals surface area contributed by atoms with Crippen molar-refractivity contribution < 1.29 is 9.13 Å². The van der Waals surface area contributed by atoms with Gasteiger partial charge in [-0.2, -0.15) is 0 Å². The summed E-state index contributed by atoms with van der Waals surface area (Å²) in [6.07, 6.45) is 2.89. The summed E-state index contributed by atoms with van der Waals surface area (Å²) in [5.41, 5.74) is 8.03. The standard InChI is InChI=1S/C13H17FN2O/c1-8-4-13(12(15)5-11(8)14)16-6-9-2-3-10(7-16)17-9/h4-5,9-10H,2-3,6-7,15H2,1H3. The minimum absolute atomic E-state index is 0.234. The monoisotopic (exact) mass is 236 g/mol. The second-order valence-corrected chi connectivity index (χ2v) is 5.02. The van der Waals surface area contributed by atoms with Gasteiger partial charge in [0.2, 0.25) is 0 Å². The number of halogens is 1. The van der Waals surface area contributed by atoms with Crippen molar-refractivity contribution in [2.75, 3.05) is 23.7 Å². The number of nitrogens with zero attached hydrogens (tertiary/aromatic N) is 1. The number of fused-ring (bicyclic) bond motifs is 2. The van der Waals surface area contributed by atoms with Gasteiger partial charge in [0, 0.05) is 13.1 Å². The summed E-state index contributed by atoms with van der Waals surface area (Å²) in [7, 11) is 0. The molecule has 0 aliphatic carbocycles. The largest absolute Gasteiger partial charge is 0.397 e. The summed E-state index contributed by atoms with van der Waals surface area (Å²) in [6, 6.07) is 3.26. The Morgan fingerprint density at radius 2 is 1.94 bits per heavy atom. The number of anilines is 2. The summed E-state index contributed by atoms with van der Waals surface area (Å²) in [6.45, 7) is 3.50. The van der Waals surface area contributed by atoms with Crippen molar-refractivity contribution in [2.45, 2.75) is 32.0 Å². The predicted octanol–water partition coefficient (Wildman–Crippen LogP) is 2.08. The van der Waals surface area contributed by atoms with E-state index < -0.39 is 0 Å². The molecule has 92 valence electrons. The first-order valence-corrected chi connectivity index (χ1v) is 6.09. The molecule has 0 amide bonds. The molecule has 0 saturated carbocycles. The molecule has 1 aromatic rings. The highest BCUT2D eigenvalue weighted by Crippen LogP contribution is 2.33. The maximum absolute atomic E-state index is 13.4. The number of hydrogen-bond acceptors (Lipinski definition) is 3. The lowest BCUT2D eigenvalue weighted by molar-refractivity contribution is 0.0305. The van der Waals surface area contributed by atoms with Crippen LogP contribution in [0, 0.1) is 12.7 Å². The van der Waals surface area contributed by atoms with E-state index >= 15 is 0 Å². The van der Waals surface area contributed by atoms with Crippen LogP contribution in [0.2, 0.25) is 0 Å². The predicted molar refractivity (Wildman–Crippen MR) is 65.7 cm³/mol. The molecule has 2 saturated heterocycles. The molecule has 0 spiro atoms. The fourth-order valence-corrected chi connectivity index (χ4v) is 2.77. The molecule has 4 heteroatoms. The molecule has 1 aromatic carbocycles. The van der Waals surface area contributed by atoms with Crippen LogP contribution in [0.25, 0.3) is 0 Å². The lowest BCUT2D eigenvalue weighted by Gasteiger charge is -2.34. The average Bonchev–Trinajstić information content (AvgIpc) is 2.63. The first-order valence-electron chi connectivity index (χ1n) is 6.09. The lowest BCUT2D eigenvalue weighted by atomic mass is 10.1. The Morgan fingerprint density at radius 3 is 2.59 bits per heavy atom. The van der Waals surface area contributed by atoms with Gasteiger partial charge in [-0.15, -0.1) is 0 Å². The molecule has 3 nitrogen and oxygen atoms in total. The Morgan fingerprint density at radius 1 is 1.29 bits per heavy atom. The summed E-state index contributed by atoms with van der Waals surface area (Å²) < 4.78 is 19.2. The van der Waals surface area contributed by atoms with Crippen LogP contribution in [0.3, 0.4) is 0 Å². The topological polar surface area (TPSA) is 38.5 Å². The fraction of sp³-hybridized carbons (Fsp3) is 0.538. The van der Waals surface area contributed by atoms with Crippen molar-refractivity contribution in [2.24, 2.45) is 0 Å². The van der Waals surface area contributed by atoms with Gasteiger partial charge in [0.05, 0.1) is 23.6 Å². The Kier molecular flexibility index (Phi) is 2.47. The molecule has 2 aliphatic rings. The van der Waals surface area contributed by atoms with E-state index in [1.165, 1.54) is 6.07 Å². The molecule has 2 atom stereocenters. The molecule has 2 aliphatic heterocycles. The van der Waals surface area contributed by atoms with Crippen LogP contribution in [-0.2, 0) is 4.74 Å². The van der Waals surface area contributed by atoms with Crippen LogP contribution >= 0.6 is 0 Å². The Labute approximate surface area is 100 Å². The van der Waals surface area contributed by atoms with Crippen LogP contribution in [0.5, 0.6) is 0 Å². The third-order valence-electron chi connectivity index (χ3n) is 3.69. The van der Waals surface area contributed by atoms with E-state index in [0.717, 1.165) is 31.6 Å². The normalized spacial score (nSPS) is 27.5. The third kappa shape index (κ3) is 1.86. The van der Waals surface area contributed by atoms with Crippen LogP contribution in [0.4, 0.5) is 15.8 Å². The van der Waals surface area contributed by atoms with E-state index in [9.17, 15) is 4.39 Å². The highest BCUT2D eigenvalue weighted by atomic mass is 19.1.